The monoisotopic (exact) mass is 326 g/mol. The van der Waals surface area contributed by atoms with Crippen molar-refractivity contribution in [2.45, 2.75) is 26.1 Å². The highest BCUT2D eigenvalue weighted by atomic mass is 35.5. The number of aliphatic hydroxyl groups excluding tert-OH is 1. The number of aliphatic hydroxyl groups is 1. The first-order chi connectivity index (χ1) is 9.57. The molecule has 1 aromatic rings. The summed E-state index contributed by atoms with van der Waals surface area (Å²) in [5.41, 5.74) is -2.18. The van der Waals surface area contributed by atoms with E-state index in [1.54, 1.807) is 13.8 Å². The van der Waals surface area contributed by atoms with E-state index in [1.807, 2.05) is 0 Å². The largest absolute Gasteiger partial charge is 0.418 e. The fraction of sp³-hybridized carbons (Fsp3) is 0.500. The first-order valence-corrected chi connectivity index (χ1v) is 6.38. The summed E-state index contributed by atoms with van der Waals surface area (Å²) in [7, 11) is 0. The molecule has 9 heteroatoms. The quantitative estimate of drug-likeness (QED) is 0.639. The Hall–Kier alpha value is -1.54. The lowest BCUT2D eigenvalue weighted by Crippen LogP contribution is -2.29. The Labute approximate surface area is 123 Å². The second-order valence-corrected chi connectivity index (χ2v) is 5.19. The molecule has 0 aromatic heterocycles. The van der Waals surface area contributed by atoms with Crippen molar-refractivity contribution in [2.24, 2.45) is 5.92 Å². The van der Waals surface area contributed by atoms with E-state index in [2.05, 4.69) is 5.32 Å². The van der Waals surface area contributed by atoms with Gasteiger partial charge in [0, 0.05) is 6.07 Å². The van der Waals surface area contributed by atoms with Crippen LogP contribution < -0.4 is 5.32 Å². The number of benzene rings is 1. The fourth-order valence-electron chi connectivity index (χ4n) is 1.67. The fourth-order valence-corrected chi connectivity index (χ4v) is 1.94. The molecule has 1 atom stereocenters. The van der Waals surface area contributed by atoms with E-state index in [4.69, 9.17) is 11.6 Å². The van der Waals surface area contributed by atoms with Crippen molar-refractivity contribution in [3.05, 3.63) is 32.8 Å². The zero-order valence-electron chi connectivity index (χ0n) is 11.2. The van der Waals surface area contributed by atoms with Crippen LogP contribution in [-0.4, -0.2) is 22.7 Å². The maximum atomic E-state index is 12.7. The van der Waals surface area contributed by atoms with Crippen molar-refractivity contribution >= 4 is 23.0 Å². The lowest BCUT2D eigenvalue weighted by atomic mass is 10.0. The topological polar surface area (TPSA) is 75.4 Å². The molecule has 0 aliphatic rings. The number of hydrogen-bond acceptors (Lipinski definition) is 4. The molecular formula is C12H14ClF3N2O3. The first kappa shape index (κ1) is 17.5. The van der Waals surface area contributed by atoms with Crippen molar-refractivity contribution in [1.29, 1.82) is 0 Å². The van der Waals surface area contributed by atoms with Gasteiger partial charge in [-0.3, -0.25) is 10.1 Å². The average Bonchev–Trinajstić information content (AvgIpc) is 2.33. The van der Waals surface area contributed by atoms with Crippen LogP contribution in [-0.2, 0) is 6.18 Å². The molecule has 0 heterocycles. The van der Waals surface area contributed by atoms with E-state index in [0.29, 0.717) is 6.07 Å². The van der Waals surface area contributed by atoms with E-state index >= 15 is 0 Å². The van der Waals surface area contributed by atoms with Crippen LogP contribution in [0.1, 0.15) is 19.4 Å². The van der Waals surface area contributed by atoms with Gasteiger partial charge in [-0.1, -0.05) is 25.4 Å². The second kappa shape index (κ2) is 6.48. The lowest BCUT2D eigenvalue weighted by Gasteiger charge is -2.21. The van der Waals surface area contributed by atoms with Crippen LogP contribution in [0.2, 0.25) is 5.02 Å². The van der Waals surface area contributed by atoms with Crippen molar-refractivity contribution < 1.29 is 23.2 Å². The average molecular weight is 327 g/mol. The maximum absolute atomic E-state index is 12.7. The molecule has 0 aliphatic carbocycles. The molecule has 0 amide bonds. The molecule has 0 aliphatic heterocycles. The van der Waals surface area contributed by atoms with Crippen LogP contribution in [0.3, 0.4) is 0 Å². The molecule has 0 spiro atoms. The van der Waals surface area contributed by atoms with E-state index < -0.39 is 33.4 Å². The van der Waals surface area contributed by atoms with Gasteiger partial charge in [-0.05, 0) is 12.0 Å². The van der Waals surface area contributed by atoms with Crippen molar-refractivity contribution in [3.8, 4) is 0 Å². The number of nitrogens with zero attached hydrogens (tertiary/aromatic N) is 1. The highest BCUT2D eigenvalue weighted by Gasteiger charge is 2.36. The van der Waals surface area contributed by atoms with Crippen LogP contribution in [0, 0.1) is 16.0 Å². The van der Waals surface area contributed by atoms with E-state index in [9.17, 15) is 28.4 Å². The number of alkyl halides is 3. The van der Waals surface area contributed by atoms with Gasteiger partial charge in [0.1, 0.15) is 5.69 Å². The summed E-state index contributed by atoms with van der Waals surface area (Å²) in [4.78, 5) is 10.0. The minimum Gasteiger partial charge on any atom is -0.394 e. The van der Waals surface area contributed by atoms with Crippen LogP contribution >= 0.6 is 11.6 Å². The summed E-state index contributed by atoms with van der Waals surface area (Å²) >= 11 is 5.55. The highest BCUT2D eigenvalue weighted by molar-refractivity contribution is 6.31. The molecule has 21 heavy (non-hydrogen) atoms. The summed E-state index contributed by atoms with van der Waals surface area (Å²) in [6.07, 6.45) is -4.78. The third-order valence-electron chi connectivity index (χ3n) is 2.93. The number of rotatable bonds is 5. The molecule has 5 nitrogen and oxygen atoms in total. The maximum Gasteiger partial charge on any atom is 0.418 e. The Morgan fingerprint density at radius 2 is 2.00 bits per heavy atom. The highest BCUT2D eigenvalue weighted by Crippen LogP contribution is 2.40. The minimum atomic E-state index is -4.78. The zero-order valence-corrected chi connectivity index (χ0v) is 12.0. The van der Waals surface area contributed by atoms with Crippen molar-refractivity contribution in [3.63, 3.8) is 0 Å². The number of nitro groups is 1. The normalized spacial score (nSPS) is 13.3. The van der Waals surface area contributed by atoms with Gasteiger partial charge >= 0.3 is 6.18 Å². The summed E-state index contributed by atoms with van der Waals surface area (Å²) in [5.74, 6) is -0.0873. The Morgan fingerprint density at radius 1 is 1.43 bits per heavy atom. The van der Waals surface area contributed by atoms with Crippen LogP contribution in [0.4, 0.5) is 24.5 Å². The van der Waals surface area contributed by atoms with E-state index in [0.717, 1.165) is 6.07 Å². The molecule has 0 bridgehead atoms. The molecule has 0 fully saturated rings. The number of hydrogen-bond donors (Lipinski definition) is 2. The van der Waals surface area contributed by atoms with Crippen molar-refractivity contribution in [1.82, 2.24) is 0 Å². The molecule has 0 saturated heterocycles. The Morgan fingerprint density at radius 3 is 2.38 bits per heavy atom. The lowest BCUT2D eigenvalue weighted by molar-refractivity contribution is -0.384. The smallest absolute Gasteiger partial charge is 0.394 e. The molecular weight excluding hydrogens is 313 g/mol. The molecule has 1 aromatic carbocycles. The van der Waals surface area contributed by atoms with Crippen LogP contribution in [0.5, 0.6) is 0 Å². The Balaban J connectivity index is 3.33. The predicted molar refractivity (Wildman–Crippen MR) is 72.4 cm³/mol. The molecule has 0 saturated carbocycles. The van der Waals surface area contributed by atoms with Crippen molar-refractivity contribution in [2.75, 3.05) is 11.9 Å². The van der Waals surface area contributed by atoms with Gasteiger partial charge in [-0.25, -0.2) is 0 Å². The zero-order chi connectivity index (χ0) is 16.4. The molecule has 118 valence electrons. The van der Waals surface area contributed by atoms with E-state index in [-0.39, 0.29) is 18.2 Å². The van der Waals surface area contributed by atoms with Gasteiger partial charge < -0.3 is 10.4 Å². The number of nitrogens with one attached hydrogen (secondary N) is 1. The Kier molecular flexibility index (Phi) is 5.41. The third kappa shape index (κ3) is 4.21. The van der Waals surface area contributed by atoms with Crippen LogP contribution in [0.25, 0.3) is 0 Å². The Bertz CT molecular complexity index is 535. The summed E-state index contributed by atoms with van der Waals surface area (Å²) in [5, 5.41) is 22.2. The molecule has 1 rings (SSSR count). The predicted octanol–water partition coefficient (Wildman–Crippen LogP) is 3.70. The summed E-state index contributed by atoms with van der Waals surface area (Å²) in [6.45, 7) is 3.18. The first-order valence-electron chi connectivity index (χ1n) is 6.00. The summed E-state index contributed by atoms with van der Waals surface area (Å²) < 4.78 is 38.1. The number of anilines is 1. The molecule has 0 radical (unpaired) electrons. The number of nitro benzene ring substituents is 1. The van der Waals surface area contributed by atoms with Gasteiger partial charge in [-0.2, -0.15) is 13.2 Å². The van der Waals surface area contributed by atoms with Crippen LogP contribution in [0.15, 0.2) is 12.1 Å². The minimum absolute atomic E-state index is 0.0873. The number of halogens is 4. The third-order valence-corrected chi connectivity index (χ3v) is 3.24. The van der Waals surface area contributed by atoms with Gasteiger partial charge in [0.05, 0.1) is 28.2 Å². The van der Waals surface area contributed by atoms with Gasteiger partial charge in [0.15, 0.2) is 0 Å². The van der Waals surface area contributed by atoms with Gasteiger partial charge in [-0.15, -0.1) is 0 Å². The second-order valence-electron chi connectivity index (χ2n) is 4.78. The van der Waals surface area contributed by atoms with Gasteiger partial charge in [0.25, 0.3) is 5.69 Å². The van der Waals surface area contributed by atoms with E-state index in [1.165, 1.54) is 0 Å². The van der Waals surface area contributed by atoms with Gasteiger partial charge in [0.2, 0.25) is 0 Å². The standard InChI is InChI=1S/C12H14ClF3N2O3/c1-6(2)10(5-19)17-9-4-8(13)7(12(14,15)16)3-11(9)18(20)21/h3-4,6,10,17,19H,5H2,1-2H3/t10-/m1/s1. The summed E-state index contributed by atoms with van der Waals surface area (Å²) in [6, 6.07) is 0.698. The molecule has 2 N–H and O–H groups in total. The SMILES string of the molecule is CC(C)[C@@H](CO)Nc1cc(Cl)c(C(F)(F)F)cc1[N+](=O)[O-]. The molecule has 0 unspecified atom stereocenters.